The first-order chi connectivity index (χ1) is 16.1. The maximum Gasteiger partial charge on any atom is 0.227 e. The van der Waals surface area contributed by atoms with Gasteiger partial charge in [-0.15, -0.1) is 0 Å². The summed E-state index contributed by atoms with van der Waals surface area (Å²) in [5, 5.41) is 4.04. The summed E-state index contributed by atoms with van der Waals surface area (Å²) in [5.41, 5.74) is 1.89. The van der Waals surface area contributed by atoms with Gasteiger partial charge in [-0.2, -0.15) is 4.98 Å². The molecule has 9 nitrogen and oxygen atoms in total. The Hall–Kier alpha value is -3.75. The van der Waals surface area contributed by atoms with Crippen LogP contribution in [0.25, 0.3) is 11.4 Å². The molecule has 3 aromatic rings. The number of aromatic nitrogens is 2. The first kappa shape index (κ1) is 22.4. The zero-order chi connectivity index (χ0) is 23.2. The SMILES string of the molecule is COc1ccc(N2CCN(C(=O)CCc3nc(-c4ccc(OC)c(OC)c4)no3)CC2)cc1. The standard InChI is InChI=1S/C24H28N4O5/c1-30-19-7-5-18(6-8-19)27-12-14-28(15-13-27)23(29)11-10-22-25-24(26-33-22)17-4-9-20(31-2)21(16-17)32-3/h4-9,16H,10-15H2,1-3H3. The number of carbonyl (C=O) groups excluding carboxylic acids is 1. The van der Waals surface area contributed by atoms with Crippen molar-refractivity contribution in [3.8, 4) is 28.6 Å². The summed E-state index contributed by atoms with van der Waals surface area (Å²) in [7, 11) is 4.82. The molecule has 0 radical (unpaired) electrons. The number of benzene rings is 2. The summed E-state index contributed by atoms with van der Waals surface area (Å²) in [6.45, 7) is 2.96. The molecule has 0 aliphatic carbocycles. The molecule has 4 rings (SSSR count). The molecule has 0 atom stereocenters. The molecule has 1 fully saturated rings. The average Bonchev–Trinajstić information content (AvgIpc) is 3.36. The summed E-state index contributed by atoms with van der Waals surface area (Å²) in [6.07, 6.45) is 0.730. The largest absolute Gasteiger partial charge is 0.497 e. The van der Waals surface area contributed by atoms with Crippen molar-refractivity contribution < 1.29 is 23.5 Å². The quantitative estimate of drug-likeness (QED) is 0.515. The second-order valence-corrected chi connectivity index (χ2v) is 7.65. The van der Waals surface area contributed by atoms with Crippen LogP contribution in [-0.4, -0.2) is 68.5 Å². The number of methoxy groups -OCH3 is 3. The summed E-state index contributed by atoms with van der Waals surface area (Å²) < 4.78 is 21.2. The fraction of sp³-hybridized carbons (Fsp3) is 0.375. The van der Waals surface area contributed by atoms with Crippen LogP contribution in [0.3, 0.4) is 0 Å². The van der Waals surface area contributed by atoms with Crippen LogP contribution in [0.1, 0.15) is 12.3 Å². The molecule has 0 bridgehead atoms. The lowest BCUT2D eigenvalue weighted by atomic mass is 10.2. The molecule has 2 heterocycles. The van der Waals surface area contributed by atoms with Crippen molar-refractivity contribution in [1.29, 1.82) is 0 Å². The van der Waals surface area contributed by atoms with Crippen LogP contribution in [0.15, 0.2) is 47.0 Å². The number of amides is 1. The number of anilines is 1. The lowest BCUT2D eigenvalue weighted by Gasteiger charge is -2.36. The van der Waals surface area contributed by atoms with E-state index in [0.717, 1.165) is 30.1 Å². The van der Waals surface area contributed by atoms with E-state index in [2.05, 4.69) is 15.0 Å². The van der Waals surface area contributed by atoms with Crippen LogP contribution in [0.4, 0.5) is 5.69 Å². The Morgan fingerprint density at radius 1 is 0.939 bits per heavy atom. The first-order valence-corrected chi connectivity index (χ1v) is 10.8. The van der Waals surface area contributed by atoms with E-state index in [9.17, 15) is 4.79 Å². The highest BCUT2D eigenvalue weighted by molar-refractivity contribution is 5.76. The van der Waals surface area contributed by atoms with Gasteiger partial charge in [-0.25, -0.2) is 0 Å². The van der Waals surface area contributed by atoms with E-state index in [-0.39, 0.29) is 5.91 Å². The maximum absolute atomic E-state index is 12.7. The molecule has 0 spiro atoms. The molecule has 1 aliphatic rings. The van der Waals surface area contributed by atoms with E-state index < -0.39 is 0 Å². The van der Waals surface area contributed by atoms with Crippen LogP contribution < -0.4 is 19.1 Å². The average molecular weight is 453 g/mol. The van der Waals surface area contributed by atoms with Gasteiger partial charge in [-0.05, 0) is 42.5 Å². The molecule has 1 aromatic heterocycles. The van der Waals surface area contributed by atoms with E-state index in [0.29, 0.717) is 49.1 Å². The van der Waals surface area contributed by atoms with Crippen molar-refractivity contribution in [1.82, 2.24) is 15.0 Å². The van der Waals surface area contributed by atoms with Crippen LogP contribution in [-0.2, 0) is 11.2 Å². The summed E-state index contributed by atoms with van der Waals surface area (Å²) in [6, 6.07) is 13.4. The second kappa shape index (κ2) is 10.2. The third-order valence-corrected chi connectivity index (χ3v) is 5.73. The minimum atomic E-state index is 0.0928. The van der Waals surface area contributed by atoms with Crippen molar-refractivity contribution >= 4 is 11.6 Å². The lowest BCUT2D eigenvalue weighted by molar-refractivity contribution is -0.131. The summed E-state index contributed by atoms with van der Waals surface area (Å²) in [4.78, 5) is 21.3. The fourth-order valence-corrected chi connectivity index (χ4v) is 3.83. The van der Waals surface area contributed by atoms with Crippen molar-refractivity contribution in [2.75, 3.05) is 52.4 Å². The molecule has 1 aliphatic heterocycles. The Morgan fingerprint density at radius 2 is 1.67 bits per heavy atom. The van der Waals surface area contributed by atoms with Gasteiger partial charge in [-0.3, -0.25) is 4.79 Å². The number of hydrogen-bond donors (Lipinski definition) is 0. The number of carbonyl (C=O) groups is 1. The van der Waals surface area contributed by atoms with Gasteiger partial charge in [0.1, 0.15) is 5.75 Å². The molecule has 33 heavy (non-hydrogen) atoms. The second-order valence-electron chi connectivity index (χ2n) is 7.65. The van der Waals surface area contributed by atoms with Crippen LogP contribution in [0.2, 0.25) is 0 Å². The van der Waals surface area contributed by atoms with E-state index >= 15 is 0 Å². The Balaban J connectivity index is 1.29. The molecule has 0 unspecified atom stereocenters. The Kier molecular flexibility index (Phi) is 6.97. The predicted octanol–water partition coefficient (Wildman–Crippen LogP) is 3.04. The molecule has 174 valence electrons. The molecule has 9 heteroatoms. The Labute approximate surface area is 192 Å². The highest BCUT2D eigenvalue weighted by Crippen LogP contribution is 2.31. The zero-order valence-corrected chi connectivity index (χ0v) is 19.1. The molecule has 0 N–H and O–H groups in total. The minimum absolute atomic E-state index is 0.0928. The normalized spacial score (nSPS) is 13.7. The third kappa shape index (κ3) is 5.19. The van der Waals surface area contributed by atoms with Gasteiger partial charge in [-0.1, -0.05) is 5.16 Å². The topological polar surface area (TPSA) is 90.2 Å². The third-order valence-electron chi connectivity index (χ3n) is 5.73. The minimum Gasteiger partial charge on any atom is -0.497 e. The van der Waals surface area contributed by atoms with Gasteiger partial charge in [0.15, 0.2) is 11.5 Å². The van der Waals surface area contributed by atoms with Crippen molar-refractivity contribution in [2.45, 2.75) is 12.8 Å². The van der Waals surface area contributed by atoms with Gasteiger partial charge in [0, 0.05) is 50.3 Å². The molecular weight excluding hydrogens is 424 g/mol. The molecule has 1 amide bonds. The van der Waals surface area contributed by atoms with Gasteiger partial charge in [0.25, 0.3) is 0 Å². The predicted molar refractivity (Wildman–Crippen MR) is 123 cm³/mol. The first-order valence-electron chi connectivity index (χ1n) is 10.8. The highest BCUT2D eigenvalue weighted by atomic mass is 16.5. The molecular formula is C24H28N4O5. The maximum atomic E-state index is 12.7. The van der Waals surface area contributed by atoms with Crippen LogP contribution >= 0.6 is 0 Å². The fourth-order valence-electron chi connectivity index (χ4n) is 3.83. The van der Waals surface area contributed by atoms with Crippen molar-refractivity contribution in [2.24, 2.45) is 0 Å². The number of rotatable bonds is 8. The summed E-state index contributed by atoms with van der Waals surface area (Å²) >= 11 is 0. The van der Waals surface area contributed by atoms with E-state index in [1.165, 1.54) is 0 Å². The number of ether oxygens (including phenoxy) is 3. The van der Waals surface area contributed by atoms with Crippen LogP contribution in [0, 0.1) is 0 Å². The van der Waals surface area contributed by atoms with E-state index in [1.807, 2.05) is 35.2 Å². The number of piperazine rings is 1. The lowest BCUT2D eigenvalue weighted by Crippen LogP contribution is -2.48. The number of aryl methyl sites for hydroxylation is 1. The highest BCUT2D eigenvalue weighted by Gasteiger charge is 2.22. The van der Waals surface area contributed by atoms with Gasteiger partial charge in [0.2, 0.25) is 17.6 Å². The Morgan fingerprint density at radius 3 is 2.33 bits per heavy atom. The van der Waals surface area contributed by atoms with Crippen molar-refractivity contribution in [3.05, 3.63) is 48.4 Å². The van der Waals surface area contributed by atoms with Crippen molar-refractivity contribution in [3.63, 3.8) is 0 Å². The molecule has 2 aromatic carbocycles. The zero-order valence-electron chi connectivity index (χ0n) is 19.1. The monoisotopic (exact) mass is 452 g/mol. The molecule has 0 saturated carbocycles. The summed E-state index contributed by atoms with van der Waals surface area (Å²) in [5.74, 6) is 3.03. The van der Waals surface area contributed by atoms with E-state index in [1.54, 1.807) is 33.5 Å². The van der Waals surface area contributed by atoms with Gasteiger partial charge < -0.3 is 28.5 Å². The van der Waals surface area contributed by atoms with Gasteiger partial charge in [0.05, 0.1) is 21.3 Å². The Bertz CT molecular complexity index is 1070. The number of nitrogens with zero attached hydrogens (tertiary/aromatic N) is 4. The number of hydrogen-bond acceptors (Lipinski definition) is 8. The van der Waals surface area contributed by atoms with Crippen LogP contribution in [0.5, 0.6) is 17.2 Å². The van der Waals surface area contributed by atoms with E-state index in [4.69, 9.17) is 18.7 Å². The smallest absolute Gasteiger partial charge is 0.227 e. The van der Waals surface area contributed by atoms with Gasteiger partial charge >= 0.3 is 0 Å². The molecule has 1 saturated heterocycles.